The van der Waals surface area contributed by atoms with E-state index in [-0.39, 0.29) is 24.7 Å². The summed E-state index contributed by atoms with van der Waals surface area (Å²) in [4.78, 5) is 21.8. The van der Waals surface area contributed by atoms with Crippen LogP contribution in [0, 0.1) is 10.1 Å². The maximum absolute atomic E-state index is 11.8. The molecule has 3 aromatic rings. The van der Waals surface area contributed by atoms with Crippen LogP contribution in [0.1, 0.15) is 0 Å². The monoisotopic (exact) mass is 331 g/mol. The molecular formula is C14H13N5O5. The van der Waals surface area contributed by atoms with Crippen molar-refractivity contribution in [3.63, 3.8) is 0 Å². The Balaban J connectivity index is 1.70. The number of nitro groups is 1. The van der Waals surface area contributed by atoms with E-state index < -0.39 is 16.8 Å². The predicted octanol–water partition coefficient (Wildman–Crippen LogP) is 0.669. The third kappa shape index (κ3) is 3.38. The number of aromatic nitrogens is 4. The molecule has 2 heterocycles. The Labute approximate surface area is 134 Å². The Morgan fingerprint density at radius 1 is 1.29 bits per heavy atom. The molecule has 0 amide bonds. The molecule has 0 bridgehead atoms. The van der Waals surface area contributed by atoms with Crippen molar-refractivity contribution in [2.75, 3.05) is 0 Å². The van der Waals surface area contributed by atoms with Gasteiger partial charge < -0.3 is 9.52 Å². The molecule has 0 spiro atoms. The quantitative estimate of drug-likeness (QED) is 0.519. The van der Waals surface area contributed by atoms with E-state index in [4.69, 9.17) is 4.42 Å². The summed E-state index contributed by atoms with van der Waals surface area (Å²) >= 11 is 0. The second kappa shape index (κ2) is 6.46. The number of hydrogen-bond acceptors (Lipinski definition) is 7. The zero-order chi connectivity index (χ0) is 17.1. The van der Waals surface area contributed by atoms with Crippen LogP contribution in [0.3, 0.4) is 0 Å². The first-order chi connectivity index (χ1) is 11.5. The smallest absolute Gasteiger partial charge is 0.389 e. The molecule has 10 nitrogen and oxygen atoms in total. The summed E-state index contributed by atoms with van der Waals surface area (Å²) in [5, 5.41) is 28.4. The first kappa shape index (κ1) is 15.6. The summed E-state index contributed by atoms with van der Waals surface area (Å²) in [7, 11) is 0. The fourth-order valence-corrected chi connectivity index (χ4v) is 2.14. The molecule has 0 aliphatic heterocycles. The van der Waals surface area contributed by atoms with Crippen LogP contribution in [0.4, 0.5) is 5.69 Å². The molecule has 0 saturated heterocycles. The zero-order valence-electron chi connectivity index (χ0n) is 12.3. The van der Waals surface area contributed by atoms with Crippen molar-refractivity contribution in [2.24, 2.45) is 0 Å². The van der Waals surface area contributed by atoms with Gasteiger partial charge in [-0.15, -0.1) is 5.10 Å². The van der Waals surface area contributed by atoms with Gasteiger partial charge in [0.15, 0.2) is 0 Å². The lowest BCUT2D eigenvalue weighted by atomic mass is 10.2. The molecule has 124 valence electrons. The van der Waals surface area contributed by atoms with Gasteiger partial charge in [-0.05, 0) is 12.1 Å². The molecule has 0 fully saturated rings. The predicted molar refractivity (Wildman–Crippen MR) is 81.1 cm³/mol. The molecule has 10 heteroatoms. The third-order valence-corrected chi connectivity index (χ3v) is 3.24. The Morgan fingerprint density at radius 2 is 2.04 bits per heavy atom. The van der Waals surface area contributed by atoms with Gasteiger partial charge in [0.2, 0.25) is 5.89 Å². The summed E-state index contributed by atoms with van der Waals surface area (Å²) in [6, 6.07) is 8.89. The maximum Gasteiger partial charge on any atom is 0.437 e. The van der Waals surface area contributed by atoms with Crippen LogP contribution in [0.15, 0.2) is 51.9 Å². The number of hydrogen-bond donors (Lipinski definition) is 1. The van der Waals surface area contributed by atoms with Crippen molar-refractivity contribution in [1.82, 2.24) is 19.6 Å². The standard InChI is InChI=1S/C14H13N5O5/c20-12(8-17-7-11(6-15-17)19(22)23)9-18-14(21)24-13(16-18)10-4-2-1-3-5-10/h1-7,12,20H,8-9H2. The van der Waals surface area contributed by atoms with Gasteiger partial charge in [-0.2, -0.15) is 9.78 Å². The molecule has 1 unspecified atom stereocenters. The second-order valence-electron chi connectivity index (χ2n) is 5.05. The van der Waals surface area contributed by atoms with Gasteiger partial charge in [0, 0.05) is 5.56 Å². The lowest BCUT2D eigenvalue weighted by molar-refractivity contribution is -0.385. The topological polar surface area (TPSA) is 129 Å². The van der Waals surface area contributed by atoms with Crippen LogP contribution < -0.4 is 5.76 Å². The minimum absolute atomic E-state index is 0.0200. The largest absolute Gasteiger partial charge is 0.437 e. The Hall–Kier alpha value is -3.27. The van der Waals surface area contributed by atoms with Crippen LogP contribution in [-0.2, 0) is 13.1 Å². The molecule has 24 heavy (non-hydrogen) atoms. The molecule has 0 aliphatic carbocycles. The number of nitrogens with zero attached hydrogens (tertiary/aromatic N) is 5. The summed E-state index contributed by atoms with van der Waals surface area (Å²) < 4.78 is 7.29. The van der Waals surface area contributed by atoms with Crippen molar-refractivity contribution in [2.45, 2.75) is 19.2 Å². The molecule has 1 atom stereocenters. The van der Waals surface area contributed by atoms with Crippen LogP contribution in [0.5, 0.6) is 0 Å². The van der Waals surface area contributed by atoms with Gasteiger partial charge in [-0.25, -0.2) is 4.79 Å². The second-order valence-corrected chi connectivity index (χ2v) is 5.05. The van der Waals surface area contributed by atoms with Crippen LogP contribution in [0.2, 0.25) is 0 Å². The number of benzene rings is 1. The van der Waals surface area contributed by atoms with E-state index in [1.807, 2.05) is 6.07 Å². The Bertz CT molecular complexity index is 898. The van der Waals surface area contributed by atoms with Gasteiger partial charge in [-0.3, -0.25) is 14.8 Å². The van der Waals surface area contributed by atoms with Crippen molar-refractivity contribution in [3.05, 3.63) is 63.4 Å². The first-order valence-electron chi connectivity index (χ1n) is 7.01. The average molecular weight is 331 g/mol. The van der Waals surface area contributed by atoms with Crippen LogP contribution in [-0.4, -0.2) is 35.7 Å². The maximum atomic E-state index is 11.8. The highest BCUT2D eigenvalue weighted by molar-refractivity contribution is 5.51. The van der Waals surface area contributed by atoms with Gasteiger partial charge in [-0.1, -0.05) is 18.2 Å². The fraction of sp³-hybridized carbons (Fsp3) is 0.214. The summed E-state index contributed by atoms with van der Waals surface area (Å²) in [5.74, 6) is -0.540. The fourth-order valence-electron chi connectivity index (χ4n) is 2.14. The van der Waals surface area contributed by atoms with Gasteiger partial charge in [0.05, 0.1) is 24.1 Å². The van der Waals surface area contributed by atoms with E-state index in [9.17, 15) is 20.0 Å². The average Bonchev–Trinajstić information content (AvgIpc) is 3.16. The highest BCUT2D eigenvalue weighted by Gasteiger charge is 2.16. The van der Waals surface area contributed by atoms with Gasteiger partial charge in [0.1, 0.15) is 12.4 Å². The normalized spacial score (nSPS) is 12.2. The lowest BCUT2D eigenvalue weighted by Gasteiger charge is -2.08. The third-order valence-electron chi connectivity index (χ3n) is 3.24. The van der Waals surface area contributed by atoms with Crippen molar-refractivity contribution >= 4 is 5.69 Å². The summed E-state index contributed by atoms with van der Waals surface area (Å²) in [6.07, 6.45) is 1.27. The number of aliphatic hydroxyl groups is 1. The SMILES string of the molecule is O=c1oc(-c2ccccc2)nn1CC(O)Cn1cc([N+](=O)[O-])cn1. The highest BCUT2D eigenvalue weighted by Crippen LogP contribution is 2.14. The molecule has 0 saturated carbocycles. The molecule has 0 aliphatic rings. The first-order valence-corrected chi connectivity index (χ1v) is 7.01. The molecule has 2 aromatic heterocycles. The lowest BCUT2D eigenvalue weighted by Crippen LogP contribution is -2.28. The van der Waals surface area contributed by atoms with Gasteiger partial charge >= 0.3 is 11.4 Å². The van der Waals surface area contributed by atoms with Crippen molar-refractivity contribution in [1.29, 1.82) is 0 Å². The molecule has 1 aromatic carbocycles. The zero-order valence-corrected chi connectivity index (χ0v) is 12.3. The van der Waals surface area contributed by atoms with Crippen LogP contribution in [0.25, 0.3) is 11.5 Å². The van der Waals surface area contributed by atoms with E-state index >= 15 is 0 Å². The molecule has 0 radical (unpaired) electrons. The minimum Gasteiger partial charge on any atom is -0.389 e. The van der Waals surface area contributed by atoms with Crippen molar-refractivity contribution < 1.29 is 14.4 Å². The minimum atomic E-state index is -1.02. The molecule has 3 rings (SSSR count). The number of aliphatic hydroxyl groups excluding tert-OH is 1. The van der Waals surface area contributed by atoms with Crippen molar-refractivity contribution in [3.8, 4) is 11.5 Å². The van der Waals surface area contributed by atoms with E-state index in [2.05, 4.69) is 10.2 Å². The molecular weight excluding hydrogens is 318 g/mol. The Kier molecular flexibility index (Phi) is 4.20. The molecule has 1 N–H and O–H groups in total. The van der Waals surface area contributed by atoms with Gasteiger partial charge in [0.25, 0.3) is 0 Å². The van der Waals surface area contributed by atoms with Crippen LogP contribution >= 0.6 is 0 Å². The summed E-state index contributed by atoms with van der Waals surface area (Å²) in [6.45, 7) is -0.142. The highest BCUT2D eigenvalue weighted by atomic mass is 16.6. The number of rotatable bonds is 6. The van der Waals surface area contributed by atoms with E-state index in [0.29, 0.717) is 5.56 Å². The van der Waals surface area contributed by atoms with E-state index in [0.717, 1.165) is 10.9 Å². The van der Waals surface area contributed by atoms with E-state index in [1.165, 1.54) is 10.9 Å². The summed E-state index contributed by atoms with van der Waals surface area (Å²) in [5.41, 5.74) is 0.470. The van der Waals surface area contributed by atoms with E-state index in [1.54, 1.807) is 24.3 Å². The Morgan fingerprint density at radius 3 is 2.71 bits per heavy atom.